The molecule has 2 saturated heterocycles. The quantitative estimate of drug-likeness (QED) is 0.813. The lowest BCUT2D eigenvalue weighted by atomic mass is 9.85. The average Bonchev–Trinajstić information content (AvgIpc) is 3.31. The third-order valence-electron chi connectivity index (χ3n) is 5.63. The highest BCUT2D eigenvalue weighted by Crippen LogP contribution is 2.52. The Morgan fingerprint density at radius 3 is 1.79 bits per heavy atom. The van der Waals surface area contributed by atoms with Gasteiger partial charge in [-0.3, -0.25) is 0 Å². The van der Waals surface area contributed by atoms with E-state index in [1.54, 1.807) is 18.2 Å². The van der Waals surface area contributed by atoms with Crippen molar-refractivity contribution in [3.05, 3.63) is 41.5 Å². The molecule has 0 aliphatic carbocycles. The van der Waals surface area contributed by atoms with Gasteiger partial charge in [0.25, 0.3) is 0 Å². The molecule has 0 unspecified atom stereocenters. The van der Waals surface area contributed by atoms with E-state index in [1.165, 1.54) is 21.3 Å². The summed E-state index contributed by atoms with van der Waals surface area (Å²) in [6, 6.07) is 8.84. The first-order valence-corrected chi connectivity index (χ1v) is 9.12. The molecule has 2 aromatic carbocycles. The van der Waals surface area contributed by atoms with Crippen molar-refractivity contribution in [3.63, 3.8) is 0 Å². The third kappa shape index (κ3) is 3.00. The normalized spacial score (nSPS) is 26.1. The molecule has 2 aliphatic heterocycles. The molecule has 4 atom stereocenters. The van der Waals surface area contributed by atoms with Gasteiger partial charge in [-0.2, -0.15) is 0 Å². The maximum atomic E-state index is 10.2. The summed E-state index contributed by atoms with van der Waals surface area (Å²) in [5, 5.41) is 20.0. The van der Waals surface area contributed by atoms with Crippen molar-refractivity contribution in [2.75, 3.05) is 34.5 Å². The first kappa shape index (κ1) is 18.7. The van der Waals surface area contributed by atoms with Gasteiger partial charge in [0.15, 0.2) is 23.0 Å². The molecule has 0 saturated carbocycles. The minimum Gasteiger partial charge on any atom is -0.504 e. The topological polar surface area (TPSA) is 86.6 Å². The molecule has 0 amide bonds. The molecule has 2 N–H and O–H groups in total. The van der Waals surface area contributed by atoms with Crippen molar-refractivity contribution >= 4 is 0 Å². The highest BCUT2D eigenvalue weighted by molar-refractivity contribution is 5.53. The molecule has 2 aliphatic rings. The van der Waals surface area contributed by atoms with Crippen molar-refractivity contribution in [1.82, 2.24) is 0 Å². The van der Waals surface area contributed by atoms with Crippen LogP contribution < -0.4 is 14.2 Å². The number of hydrogen-bond donors (Lipinski definition) is 2. The van der Waals surface area contributed by atoms with Crippen LogP contribution in [-0.4, -0.2) is 44.8 Å². The zero-order valence-electron chi connectivity index (χ0n) is 16.0. The fraction of sp³-hybridized carbons (Fsp3) is 0.429. The molecule has 7 nitrogen and oxygen atoms in total. The highest BCUT2D eigenvalue weighted by atomic mass is 16.5. The number of aromatic hydroxyl groups is 2. The molecule has 0 radical (unpaired) electrons. The summed E-state index contributed by atoms with van der Waals surface area (Å²) in [5.74, 6) is 1.52. The molecule has 0 spiro atoms. The predicted octanol–water partition coefficient (Wildman–Crippen LogP) is 3.20. The number of methoxy groups -OCH3 is 3. The average molecular weight is 388 g/mol. The number of phenolic OH excluding ortho intramolecular Hbond substituents is 2. The Balaban J connectivity index is 1.61. The Labute approximate surface area is 163 Å². The predicted molar refractivity (Wildman–Crippen MR) is 100 cm³/mol. The number of fused-ring (bicyclic) bond motifs is 1. The second-order valence-electron chi connectivity index (χ2n) is 7.04. The van der Waals surface area contributed by atoms with Crippen molar-refractivity contribution in [3.8, 4) is 28.7 Å². The zero-order valence-corrected chi connectivity index (χ0v) is 16.0. The Bertz CT molecular complexity index is 841. The van der Waals surface area contributed by atoms with Crippen LogP contribution in [-0.2, 0) is 9.47 Å². The largest absolute Gasteiger partial charge is 0.504 e. The maximum absolute atomic E-state index is 10.2. The first-order valence-electron chi connectivity index (χ1n) is 9.12. The summed E-state index contributed by atoms with van der Waals surface area (Å²) in [6.07, 6.45) is -0.317. The molecule has 2 aromatic rings. The van der Waals surface area contributed by atoms with Crippen LogP contribution >= 0.6 is 0 Å². The van der Waals surface area contributed by atoms with Gasteiger partial charge in [0, 0.05) is 11.8 Å². The van der Waals surface area contributed by atoms with Gasteiger partial charge < -0.3 is 33.9 Å². The van der Waals surface area contributed by atoms with E-state index in [0.29, 0.717) is 30.5 Å². The Kier molecular flexibility index (Phi) is 4.95. The van der Waals surface area contributed by atoms with Crippen LogP contribution in [0, 0.1) is 11.8 Å². The monoisotopic (exact) mass is 388 g/mol. The lowest BCUT2D eigenvalue weighted by Crippen LogP contribution is -2.14. The fourth-order valence-corrected chi connectivity index (χ4v) is 4.18. The van der Waals surface area contributed by atoms with E-state index in [9.17, 15) is 10.2 Å². The summed E-state index contributed by atoms with van der Waals surface area (Å²) in [7, 11) is 4.53. The molecule has 4 rings (SSSR count). The van der Waals surface area contributed by atoms with Crippen LogP contribution in [0.5, 0.6) is 28.7 Å². The number of phenols is 2. The highest BCUT2D eigenvalue weighted by Gasteiger charge is 2.48. The van der Waals surface area contributed by atoms with Crippen LogP contribution in [0.3, 0.4) is 0 Å². The lowest BCUT2D eigenvalue weighted by molar-refractivity contribution is 0.0191. The van der Waals surface area contributed by atoms with E-state index < -0.39 is 0 Å². The summed E-state index contributed by atoms with van der Waals surface area (Å²) < 4.78 is 28.0. The summed E-state index contributed by atoms with van der Waals surface area (Å²) in [4.78, 5) is 0. The lowest BCUT2D eigenvalue weighted by Gasteiger charge is -2.19. The minimum absolute atomic E-state index is 0.0277. The molecule has 0 aromatic heterocycles. The second-order valence-corrected chi connectivity index (χ2v) is 7.04. The molecule has 7 heteroatoms. The van der Waals surface area contributed by atoms with Crippen LogP contribution in [0.2, 0.25) is 0 Å². The van der Waals surface area contributed by atoms with Crippen LogP contribution in [0.4, 0.5) is 0 Å². The maximum Gasteiger partial charge on any atom is 0.200 e. The van der Waals surface area contributed by atoms with Gasteiger partial charge in [0.2, 0.25) is 5.75 Å². The number of rotatable bonds is 5. The molecule has 28 heavy (non-hydrogen) atoms. The Morgan fingerprint density at radius 1 is 0.750 bits per heavy atom. The summed E-state index contributed by atoms with van der Waals surface area (Å²) >= 11 is 0. The number of hydrogen-bond acceptors (Lipinski definition) is 7. The SMILES string of the molecule is COc1cc([C@H]2OC[C@H]3[C@@H]2CO[C@@H]3c2cc(OC)c(O)c(OC)c2)ccc1O. The van der Waals surface area contributed by atoms with E-state index in [1.807, 2.05) is 12.1 Å². The minimum atomic E-state index is -0.183. The zero-order chi connectivity index (χ0) is 19.8. The van der Waals surface area contributed by atoms with E-state index in [-0.39, 0.29) is 35.5 Å². The second kappa shape index (κ2) is 7.41. The Morgan fingerprint density at radius 2 is 1.25 bits per heavy atom. The van der Waals surface area contributed by atoms with Crippen molar-refractivity contribution in [2.45, 2.75) is 12.2 Å². The summed E-state index contributed by atoms with van der Waals surface area (Å²) in [6.45, 7) is 1.10. The molecule has 0 bridgehead atoms. The van der Waals surface area contributed by atoms with E-state index in [4.69, 9.17) is 23.7 Å². The smallest absolute Gasteiger partial charge is 0.200 e. The number of benzene rings is 2. The molecular weight excluding hydrogens is 364 g/mol. The van der Waals surface area contributed by atoms with Gasteiger partial charge in [-0.05, 0) is 35.4 Å². The molecule has 150 valence electrons. The van der Waals surface area contributed by atoms with Gasteiger partial charge >= 0.3 is 0 Å². The molecule has 2 heterocycles. The van der Waals surface area contributed by atoms with Gasteiger partial charge in [0.1, 0.15) is 0 Å². The van der Waals surface area contributed by atoms with E-state index in [2.05, 4.69) is 0 Å². The fourth-order valence-electron chi connectivity index (χ4n) is 4.18. The van der Waals surface area contributed by atoms with Crippen molar-refractivity contribution < 1.29 is 33.9 Å². The van der Waals surface area contributed by atoms with Crippen LogP contribution in [0.15, 0.2) is 30.3 Å². The van der Waals surface area contributed by atoms with Gasteiger partial charge in [-0.1, -0.05) is 6.07 Å². The van der Waals surface area contributed by atoms with Gasteiger partial charge in [-0.15, -0.1) is 0 Å². The number of ether oxygens (including phenoxy) is 5. The van der Waals surface area contributed by atoms with Crippen LogP contribution in [0.25, 0.3) is 0 Å². The van der Waals surface area contributed by atoms with Gasteiger partial charge in [-0.25, -0.2) is 0 Å². The van der Waals surface area contributed by atoms with Crippen molar-refractivity contribution in [1.29, 1.82) is 0 Å². The third-order valence-corrected chi connectivity index (χ3v) is 5.63. The Hall–Kier alpha value is -2.64. The molecule has 2 fully saturated rings. The van der Waals surface area contributed by atoms with Gasteiger partial charge in [0.05, 0.1) is 46.8 Å². The van der Waals surface area contributed by atoms with Crippen LogP contribution in [0.1, 0.15) is 23.3 Å². The van der Waals surface area contributed by atoms with Crippen molar-refractivity contribution in [2.24, 2.45) is 11.8 Å². The standard InChI is InChI=1S/C21H24O7/c1-24-16-6-11(4-5-15(16)22)20-13-9-28-21(14(13)10-27-20)12-7-17(25-2)19(23)18(8-12)26-3/h4-8,13-14,20-23H,9-10H2,1-3H3/t13-,14-,20+,21+/m0/s1. The van der Waals surface area contributed by atoms with E-state index >= 15 is 0 Å². The summed E-state index contributed by atoms with van der Waals surface area (Å²) in [5.41, 5.74) is 1.83. The first-order chi connectivity index (χ1) is 13.6. The van der Waals surface area contributed by atoms with E-state index in [0.717, 1.165) is 11.1 Å². The molecular formula is C21H24O7.